The Kier molecular flexibility index (Phi) is 6.21. The Morgan fingerprint density at radius 1 is 1.17 bits per heavy atom. The molecule has 0 saturated carbocycles. The Morgan fingerprint density at radius 3 is 2.45 bits per heavy atom. The van der Waals surface area contributed by atoms with Crippen LogP contribution in [0.3, 0.4) is 0 Å². The third kappa shape index (κ3) is 4.58. The summed E-state index contributed by atoms with van der Waals surface area (Å²) in [6.45, 7) is 6.50. The van der Waals surface area contributed by atoms with Gasteiger partial charge in [-0.3, -0.25) is 4.79 Å². The molecule has 1 saturated heterocycles. The fourth-order valence-electron chi connectivity index (χ4n) is 3.08. The van der Waals surface area contributed by atoms with Crippen molar-refractivity contribution in [2.24, 2.45) is 0 Å². The molecular weight excluding hydrogens is 392 g/mol. The molecule has 0 aliphatic carbocycles. The quantitative estimate of drug-likeness (QED) is 0.799. The highest BCUT2D eigenvalue weighted by Crippen LogP contribution is 2.24. The Hall–Kier alpha value is -2.49. The standard InChI is InChI=1S/C20H26N4O4S/c1-14-11-16(12-18(15(14)2)29(26,27)23(3)4)20(25)22-19-6-5-17(13-21-19)24-7-9-28-10-8-24/h5-6,11-13H,7-10H2,1-4H3,(H,21,22,25). The normalized spacial score (nSPS) is 14.9. The first-order valence-corrected chi connectivity index (χ1v) is 10.8. The summed E-state index contributed by atoms with van der Waals surface area (Å²) in [4.78, 5) is 19.3. The largest absolute Gasteiger partial charge is 0.378 e. The lowest BCUT2D eigenvalue weighted by atomic mass is 10.1. The molecule has 1 amide bonds. The summed E-state index contributed by atoms with van der Waals surface area (Å²) in [7, 11) is -0.717. The maximum atomic E-state index is 12.7. The molecule has 0 bridgehead atoms. The van der Waals surface area contributed by atoms with Gasteiger partial charge in [0.05, 0.1) is 30.0 Å². The zero-order valence-electron chi connectivity index (χ0n) is 17.1. The van der Waals surface area contributed by atoms with E-state index in [9.17, 15) is 13.2 Å². The number of carbonyl (C=O) groups is 1. The van der Waals surface area contributed by atoms with Crippen LogP contribution in [0.1, 0.15) is 21.5 Å². The van der Waals surface area contributed by atoms with Gasteiger partial charge in [0.2, 0.25) is 10.0 Å². The van der Waals surface area contributed by atoms with Crippen LogP contribution in [-0.4, -0.2) is 64.0 Å². The van der Waals surface area contributed by atoms with Crippen molar-refractivity contribution >= 4 is 27.4 Å². The van der Waals surface area contributed by atoms with Gasteiger partial charge < -0.3 is 15.0 Å². The van der Waals surface area contributed by atoms with E-state index in [1.807, 2.05) is 6.07 Å². The van der Waals surface area contributed by atoms with Crippen molar-refractivity contribution in [3.05, 3.63) is 47.2 Å². The molecule has 0 spiro atoms. The van der Waals surface area contributed by atoms with Crippen LogP contribution in [0.2, 0.25) is 0 Å². The number of rotatable bonds is 5. The lowest BCUT2D eigenvalue weighted by molar-refractivity contribution is 0.102. The van der Waals surface area contributed by atoms with E-state index in [-0.39, 0.29) is 10.5 Å². The van der Waals surface area contributed by atoms with Crippen molar-refractivity contribution in [3.63, 3.8) is 0 Å². The van der Waals surface area contributed by atoms with Crippen LogP contribution in [0.15, 0.2) is 35.4 Å². The van der Waals surface area contributed by atoms with Crippen LogP contribution in [0.5, 0.6) is 0 Å². The average molecular weight is 419 g/mol. The van der Waals surface area contributed by atoms with Crippen LogP contribution in [0.4, 0.5) is 11.5 Å². The van der Waals surface area contributed by atoms with Gasteiger partial charge in [-0.2, -0.15) is 0 Å². The molecule has 29 heavy (non-hydrogen) atoms. The minimum atomic E-state index is -3.66. The fourth-order valence-corrected chi connectivity index (χ4v) is 4.30. The second-order valence-electron chi connectivity index (χ2n) is 7.16. The number of anilines is 2. The molecular formula is C20H26N4O4S. The van der Waals surface area contributed by atoms with Gasteiger partial charge in [-0.1, -0.05) is 0 Å². The van der Waals surface area contributed by atoms with Crippen molar-refractivity contribution in [2.75, 3.05) is 50.6 Å². The summed E-state index contributed by atoms with van der Waals surface area (Å²) < 4.78 is 31.7. The van der Waals surface area contributed by atoms with Crippen molar-refractivity contribution in [2.45, 2.75) is 18.7 Å². The second kappa shape index (κ2) is 8.48. The first-order valence-electron chi connectivity index (χ1n) is 9.34. The summed E-state index contributed by atoms with van der Waals surface area (Å²) in [5, 5.41) is 2.74. The minimum absolute atomic E-state index is 0.128. The second-order valence-corrected chi connectivity index (χ2v) is 9.28. The molecule has 2 aromatic rings. The van der Waals surface area contributed by atoms with E-state index < -0.39 is 15.9 Å². The van der Waals surface area contributed by atoms with Crippen molar-refractivity contribution in [1.29, 1.82) is 0 Å². The van der Waals surface area contributed by atoms with Gasteiger partial charge in [0.15, 0.2) is 0 Å². The Morgan fingerprint density at radius 2 is 1.86 bits per heavy atom. The lowest BCUT2D eigenvalue weighted by Crippen LogP contribution is -2.36. The van der Waals surface area contributed by atoms with Crippen LogP contribution >= 0.6 is 0 Å². The molecule has 156 valence electrons. The van der Waals surface area contributed by atoms with Gasteiger partial charge in [0, 0.05) is 32.7 Å². The molecule has 9 heteroatoms. The third-order valence-electron chi connectivity index (χ3n) is 5.01. The molecule has 1 aliphatic rings. The number of nitrogens with zero attached hydrogens (tertiary/aromatic N) is 3. The molecule has 0 radical (unpaired) electrons. The van der Waals surface area contributed by atoms with E-state index >= 15 is 0 Å². The molecule has 1 fully saturated rings. The van der Waals surface area contributed by atoms with Crippen molar-refractivity contribution < 1.29 is 17.9 Å². The maximum absolute atomic E-state index is 12.7. The number of morpholine rings is 1. The number of amides is 1. The number of ether oxygens (including phenoxy) is 1. The summed E-state index contributed by atoms with van der Waals surface area (Å²) in [5.74, 6) is -0.00261. The number of nitrogens with one attached hydrogen (secondary N) is 1. The predicted octanol–water partition coefficient (Wildman–Crippen LogP) is 2.04. The highest BCUT2D eigenvalue weighted by atomic mass is 32.2. The van der Waals surface area contributed by atoms with E-state index in [1.165, 1.54) is 20.2 Å². The smallest absolute Gasteiger partial charge is 0.256 e. The molecule has 8 nitrogen and oxygen atoms in total. The van der Waals surface area contributed by atoms with Crippen LogP contribution in [-0.2, 0) is 14.8 Å². The Balaban J connectivity index is 1.81. The first kappa shape index (κ1) is 21.2. The number of benzene rings is 1. The van der Waals surface area contributed by atoms with E-state index in [4.69, 9.17) is 4.74 Å². The molecule has 1 aromatic carbocycles. The number of aryl methyl sites for hydroxylation is 1. The average Bonchev–Trinajstić information content (AvgIpc) is 2.70. The van der Waals surface area contributed by atoms with Gasteiger partial charge in [0.25, 0.3) is 5.91 Å². The fraction of sp³-hybridized carbons (Fsp3) is 0.400. The lowest BCUT2D eigenvalue weighted by Gasteiger charge is -2.28. The molecule has 1 aromatic heterocycles. The van der Waals surface area contributed by atoms with Gasteiger partial charge in [0.1, 0.15) is 5.82 Å². The predicted molar refractivity (Wildman–Crippen MR) is 112 cm³/mol. The Labute approximate surface area is 171 Å². The van der Waals surface area contributed by atoms with Crippen molar-refractivity contribution in [3.8, 4) is 0 Å². The van der Waals surface area contributed by atoms with Gasteiger partial charge in [-0.25, -0.2) is 17.7 Å². The number of aromatic nitrogens is 1. The molecule has 0 atom stereocenters. The van der Waals surface area contributed by atoms with Gasteiger partial charge >= 0.3 is 0 Å². The third-order valence-corrected chi connectivity index (χ3v) is 6.95. The summed E-state index contributed by atoms with van der Waals surface area (Å²) in [6, 6.07) is 6.73. The van der Waals surface area contributed by atoms with Gasteiger partial charge in [-0.15, -0.1) is 0 Å². The van der Waals surface area contributed by atoms with Crippen LogP contribution < -0.4 is 10.2 Å². The number of hydrogen-bond acceptors (Lipinski definition) is 6. The summed E-state index contributed by atoms with van der Waals surface area (Å²) in [5.41, 5.74) is 2.60. The first-order chi connectivity index (χ1) is 13.7. The highest BCUT2D eigenvalue weighted by Gasteiger charge is 2.23. The van der Waals surface area contributed by atoms with Crippen molar-refractivity contribution in [1.82, 2.24) is 9.29 Å². The SMILES string of the molecule is Cc1cc(C(=O)Nc2ccc(N3CCOCC3)cn2)cc(S(=O)(=O)N(C)C)c1C. The highest BCUT2D eigenvalue weighted by molar-refractivity contribution is 7.89. The number of carbonyl (C=O) groups excluding carboxylic acids is 1. The molecule has 2 heterocycles. The van der Waals surface area contributed by atoms with E-state index in [0.717, 1.165) is 28.6 Å². The van der Waals surface area contributed by atoms with Crippen LogP contribution in [0.25, 0.3) is 0 Å². The number of hydrogen-bond donors (Lipinski definition) is 1. The Bertz CT molecular complexity index is 998. The van der Waals surface area contributed by atoms with Crippen LogP contribution in [0, 0.1) is 13.8 Å². The zero-order valence-corrected chi connectivity index (χ0v) is 17.9. The molecule has 1 aliphatic heterocycles. The van der Waals surface area contributed by atoms with E-state index in [1.54, 1.807) is 32.2 Å². The zero-order chi connectivity index (χ0) is 21.2. The molecule has 1 N–H and O–H groups in total. The minimum Gasteiger partial charge on any atom is -0.378 e. The molecule has 0 unspecified atom stereocenters. The number of sulfonamides is 1. The van der Waals surface area contributed by atoms with Gasteiger partial charge in [-0.05, 0) is 49.2 Å². The monoisotopic (exact) mass is 418 g/mol. The maximum Gasteiger partial charge on any atom is 0.256 e. The summed E-state index contributed by atoms with van der Waals surface area (Å²) >= 11 is 0. The molecule has 3 rings (SSSR count). The van der Waals surface area contributed by atoms with E-state index in [2.05, 4.69) is 15.2 Å². The summed E-state index contributed by atoms with van der Waals surface area (Å²) in [6.07, 6.45) is 1.71. The van der Waals surface area contributed by atoms with E-state index in [0.29, 0.717) is 24.6 Å². The number of pyridine rings is 1. The topological polar surface area (TPSA) is 91.8 Å².